The lowest BCUT2D eigenvalue weighted by molar-refractivity contribution is -0.121. The molecule has 0 fully saturated rings. The number of amides is 2. The molecule has 124 valence electrons. The molecule has 1 aliphatic heterocycles. The highest BCUT2D eigenvalue weighted by Crippen LogP contribution is 2.30. The molecule has 24 heavy (non-hydrogen) atoms. The van der Waals surface area contributed by atoms with E-state index in [2.05, 4.69) is 5.32 Å². The van der Waals surface area contributed by atoms with Gasteiger partial charge in [-0.3, -0.25) is 9.59 Å². The monoisotopic (exact) mass is 342 g/mol. The van der Waals surface area contributed by atoms with Crippen LogP contribution in [0.15, 0.2) is 53.4 Å². The van der Waals surface area contributed by atoms with Gasteiger partial charge in [0.2, 0.25) is 11.8 Å². The fraction of sp³-hybridized carbons (Fsp3) is 0.222. The normalized spacial score (nSPS) is 15.9. The largest absolute Gasteiger partial charge is 0.492 e. The number of thioether (sulfide) groups is 1. The summed E-state index contributed by atoms with van der Waals surface area (Å²) >= 11 is 1.31. The van der Waals surface area contributed by atoms with Crippen LogP contribution in [0, 0.1) is 5.92 Å². The molecule has 1 unspecified atom stereocenters. The maximum Gasteiger partial charge on any atom is 0.231 e. The van der Waals surface area contributed by atoms with Gasteiger partial charge in [-0.2, -0.15) is 0 Å². The lowest BCUT2D eigenvalue weighted by Gasteiger charge is -2.24. The molecular weight excluding hydrogens is 324 g/mol. The number of nitrogens with two attached hydrogens (primary N) is 1. The van der Waals surface area contributed by atoms with Crippen LogP contribution in [0.25, 0.3) is 0 Å². The van der Waals surface area contributed by atoms with Gasteiger partial charge in [0.25, 0.3) is 0 Å². The van der Waals surface area contributed by atoms with Crippen LogP contribution in [-0.2, 0) is 16.0 Å². The van der Waals surface area contributed by atoms with Crippen molar-refractivity contribution in [2.24, 2.45) is 11.7 Å². The van der Waals surface area contributed by atoms with Crippen molar-refractivity contribution in [2.45, 2.75) is 11.3 Å². The van der Waals surface area contributed by atoms with Gasteiger partial charge in [-0.1, -0.05) is 30.3 Å². The molecule has 5 nitrogen and oxygen atoms in total. The highest BCUT2D eigenvalue weighted by atomic mass is 32.2. The summed E-state index contributed by atoms with van der Waals surface area (Å²) in [6, 6.07) is 15.1. The van der Waals surface area contributed by atoms with E-state index in [0.29, 0.717) is 18.7 Å². The third-order valence-electron chi connectivity index (χ3n) is 3.76. The number of hydrogen-bond donors (Lipinski definition) is 2. The minimum atomic E-state index is -0.390. The SMILES string of the molecule is NC(=O)CSc1ccccc1NC(=O)C1COc2ccccc2C1. The van der Waals surface area contributed by atoms with Crippen molar-refractivity contribution >= 4 is 29.3 Å². The van der Waals surface area contributed by atoms with Crippen LogP contribution in [0.4, 0.5) is 5.69 Å². The topological polar surface area (TPSA) is 81.4 Å². The van der Waals surface area contributed by atoms with Crippen molar-refractivity contribution in [3.8, 4) is 5.75 Å². The van der Waals surface area contributed by atoms with E-state index in [0.717, 1.165) is 16.2 Å². The van der Waals surface area contributed by atoms with E-state index >= 15 is 0 Å². The summed E-state index contributed by atoms with van der Waals surface area (Å²) in [6.45, 7) is 0.361. The molecule has 0 saturated heterocycles. The van der Waals surface area contributed by atoms with Gasteiger partial charge in [0.05, 0.1) is 17.4 Å². The Morgan fingerprint density at radius 2 is 1.92 bits per heavy atom. The van der Waals surface area contributed by atoms with Gasteiger partial charge in [-0.25, -0.2) is 0 Å². The van der Waals surface area contributed by atoms with E-state index in [1.165, 1.54) is 11.8 Å². The molecule has 0 spiro atoms. The molecule has 1 heterocycles. The Kier molecular flexibility index (Phi) is 5.05. The van der Waals surface area contributed by atoms with Crippen LogP contribution in [-0.4, -0.2) is 24.2 Å². The van der Waals surface area contributed by atoms with Gasteiger partial charge in [-0.05, 0) is 30.2 Å². The van der Waals surface area contributed by atoms with E-state index in [4.69, 9.17) is 10.5 Å². The first-order chi connectivity index (χ1) is 11.6. The zero-order valence-corrected chi connectivity index (χ0v) is 13.8. The van der Waals surface area contributed by atoms with Crippen molar-refractivity contribution in [2.75, 3.05) is 17.7 Å². The first-order valence-corrected chi connectivity index (χ1v) is 8.64. The Morgan fingerprint density at radius 3 is 2.75 bits per heavy atom. The number of fused-ring (bicyclic) bond motifs is 1. The summed E-state index contributed by atoms with van der Waals surface area (Å²) in [4.78, 5) is 24.4. The van der Waals surface area contributed by atoms with Crippen LogP contribution in [0.3, 0.4) is 0 Å². The second-order valence-corrected chi connectivity index (χ2v) is 6.58. The highest BCUT2D eigenvalue weighted by Gasteiger charge is 2.26. The van der Waals surface area contributed by atoms with Gasteiger partial charge in [-0.15, -0.1) is 11.8 Å². The Bertz CT molecular complexity index is 763. The number of para-hydroxylation sites is 2. The summed E-state index contributed by atoms with van der Waals surface area (Å²) < 4.78 is 5.68. The summed E-state index contributed by atoms with van der Waals surface area (Å²) in [6.07, 6.45) is 0.651. The first-order valence-electron chi connectivity index (χ1n) is 7.65. The number of benzene rings is 2. The van der Waals surface area contributed by atoms with Gasteiger partial charge in [0.1, 0.15) is 12.4 Å². The third kappa shape index (κ3) is 3.89. The summed E-state index contributed by atoms with van der Waals surface area (Å²) in [5.74, 6) is 0.301. The van der Waals surface area contributed by atoms with E-state index in [1.807, 2.05) is 48.5 Å². The van der Waals surface area contributed by atoms with Crippen molar-refractivity contribution in [1.29, 1.82) is 0 Å². The number of anilines is 1. The molecule has 2 amide bonds. The molecule has 0 aromatic heterocycles. The quantitative estimate of drug-likeness (QED) is 0.818. The first kappa shape index (κ1) is 16.4. The molecule has 3 N–H and O–H groups in total. The molecule has 1 aliphatic rings. The standard InChI is InChI=1S/C18H18N2O3S/c19-17(21)11-24-16-8-4-2-6-14(16)20-18(22)13-9-12-5-1-3-7-15(12)23-10-13/h1-8,13H,9-11H2,(H2,19,21)(H,20,22). The Hall–Kier alpha value is -2.47. The predicted molar refractivity (Wildman–Crippen MR) is 94.1 cm³/mol. The number of carbonyl (C=O) groups excluding carboxylic acids is 2. The van der Waals surface area contributed by atoms with Crippen LogP contribution >= 0.6 is 11.8 Å². The zero-order chi connectivity index (χ0) is 16.9. The molecule has 0 radical (unpaired) electrons. The van der Waals surface area contributed by atoms with E-state index in [-0.39, 0.29) is 17.6 Å². The molecule has 0 aliphatic carbocycles. The number of ether oxygens (including phenoxy) is 1. The molecule has 0 saturated carbocycles. The molecule has 2 aromatic rings. The minimum absolute atomic E-state index is 0.0865. The van der Waals surface area contributed by atoms with E-state index in [9.17, 15) is 9.59 Å². The van der Waals surface area contributed by atoms with Crippen LogP contribution in [0.2, 0.25) is 0 Å². The zero-order valence-electron chi connectivity index (χ0n) is 13.0. The van der Waals surface area contributed by atoms with Crippen molar-refractivity contribution in [1.82, 2.24) is 0 Å². The average molecular weight is 342 g/mol. The van der Waals surface area contributed by atoms with Gasteiger partial charge in [0, 0.05) is 4.90 Å². The molecule has 2 aromatic carbocycles. The molecule has 0 bridgehead atoms. The summed E-state index contributed by atoms with van der Waals surface area (Å²) in [5, 5.41) is 2.94. The highest BCUT2D eigenvalue weighted by molar-refractivity contribution is 8.00. The van der Waals surface area contributed by atoms with Crippen LogP contribution in [0.5, 0.6) is 5.75 Å². The van der Waals surface area contributed by atoms with E-state index < -0.39 is 5.91 Å². The second-order valence-electron chi connectivity index (χ2n) is 5.56. The minimum Gasteiger partial charge on any atom is -0.492 e. The van der Waals surface area contributed by atoms with Gasteiger partial charge < -0.3 is 15.8 Å². The number of nitrogens with one attached hydrogen (secondary N) is 1. The second kappa shape index (κ2) is 7.40. The lowest BCUT2D eigenvalue weighted by atomic mass is 9.96. The predicted octanol–water partition coefficient (Wildman–Crippen LogP) is 2.45. The van der Waals surface area contributed by atoms with Gasteiger partial charge in [0.15, 0.2) is 0 Å². The Labute approximate surface area is 144 Å². The fourth-order valence-corrected chi connectivity index (χ4v) is 3.32. The fourth-order valence-electron chi connectivity index (χ4n) is 2.58. The maximum absolute atomic E-state index is 12.6. The number of carbonyl (C=O) groups is 2. The Balaban J connectivity index is 1.68. The smallest absolute Gasteiger partial charge is 0.231 e. The number of rotatable bonds is 5. The summed E-state index contributed by atoms with van der Waals surface area (Å²) in [5.41, 5.74) is 6.92. The van der Waals surface area contributed by atoms with Crippen molar-refractivity contribution < 1.29 is 14.3 Å². The third-order valence-corrected chi connectivity index (χ3v) is 4.86. The number of hydrogen-bond acceptors (Lipinski definition) is 4. The van der Waals surface area contributed by atoms with Crippen LogP contribution < -0.4 is 15.8 Å². The Morgan fingerprint density at radius 1 is 1.17 bits per heavy atom. The van der Waals surface area contributed by atoms with Crippen LogP contribution in [0.1, 0.15) is 5.56 Å². The van der Waals surface area contributed by atoms with Crippen molar-refractivity contribution in [3.05, 3.63) is 54.1 Å². The molecular formula is C18H18N2O3S. The average Bonchev–Trinajstić information content (AvgIpc) is 2.60. The molecule has 6 heteroatoms. The van der Waals surface area contributed by atoms with Gasteiger partial charge >= 0.3 is 0 Å². The summed E-state index contributed by atoms with van der Waals surface area (Å²) in [7, 11) is 0. The maximum atomic E-state index is 12.6. The lowest BCUT2D eigenvalue weighted by Crippen LogP contribution is -2.32. The molecule has 1 atom stereocenters. The molecule has 3 rings (SSSR count). The number of primary amides is 1. The van der Waals surface area contributed by atoms with E-state index in [1.54, 1.807) is 0 Å². The van der Waals surface area contributed by atoms with Crippen molar-refractivity contribution in [3.63, 3.8) is 0 Å².